The smallest absolute Gasteiger partial charge is 0.416 e. The third-order valence-electron chi connectivity index (χ3n) is 6.52. The number of nitrogens with one attached hydrogen (secondary N) is 2. The SMILES string of the molecule is O=C(OCCOCCOCCOCCOCCOCCNc1ccc([N+](=O)[O-])cc1[N+](=O)[O-])c1ccccc1Nc1cccc(C(F)(F)F)c1. The van der Waals surface area contributed by atoms with Crippen LogP contribution in [0.1, 0.15) is 15.9 Å². The van der Waals surface area contributed by atoms with E-state index < -0.39 is 33.2 Å². The van der Waals surface area contributed by atoms with Crippen LogP contribution in [-0.2, 0) is 34.6 Å². The van der Waals surface area contributed by atoms with Crippen molar-refractivity contribution in [3.8, 4) is 0 Å². The van der Waals surface area contributed by atoms with Crippen molar-refractivity contribution in [2.24, 2.45) is 0 Å². The Morgan fingerprint density at radius 2 is 1.24 bits per heavy atom. The van der Waals surface area contributed by atoms with Gasteiger partial charge in [0.2, 0.25) is 0 Å². The lowest BCUT2D eigenvalue weighted by Gasteiger charge is -2.13. The van der Waals surface area contributed by atoms with Gasteiger partial charge in [0.15, 0.2) is 0 Å². The maximum atomic E-state index is 13.0. The first-order valence-corrected chi connectivity index (χ1v) is 15.3. The third-order valence-corrected chi connectivity index (χ3v) is 6.52. The molecule has 3 rings (SSSR count). The summed E-state index contributed by atoms with van der Waals surface area (Å²) in [5.41, 5.74) is -0.778. The van der Waals surface area contributed by atoms with E-state index in [-0.39, 0.29) is 55.6 Å². The number of hydrogen-bond acceptors (Lipinski definition) is 13. The number of ether oxygens (including phenoxy) is 6. The fourth-order valence-electron chi connectivity index (χ4n) is 4.14. The van der Waals surface area contributed by atoms with E-state index in [9.17, 15) is 38.2 Å². The van der Waals surface area contributed by atoms with E-state index in [4.69, 9.17) is 28.4 Å². The van der Waals surface area contributed by atoms with Gasteiger partial charge in [-0.2, -0.15) is 13.2 Å². The highest BCUT2D eigenvalue weighted by atomic mass is 19.4. The number of alkyl halides is 3. The van der Waals surface area contributed by atoms with Crippen LogP contribution in [0.15, 0.2) is 66.7 Å². The lowest BCUT2D eigenvalue weighted by molar-refractivity contribution is -0.393. The molecule has 2 N–H and O–H groups in total. The quantitative estimate of drug-likeness (QED) is 0.0506. The van der Waals surface area contributed by atoms with Crippen molar-refractivity contribution < 1.29 is 56.2 Å². The number of rotatable bonds is 24. The van der Waals surface area contributed by atoms with Crippen molar-refractivity contribution in [3.05, 3.63) is 98.1 Å². The highest BCUT2D eigenvalue weighted by Crippen LogP contribution is 2.32. The monoisotopic (exact) mass is 710 g/mol. The van der Waals surface area contributed by atoms with Crippen LogP contribution in [0, 0.1) is 20.2 Å². The minimum absolute atomic E-state index is 0.0330. The molecule has 0 bridgehead atoms. The highest BCUT2D eigenvalue weighted by molar-refractivity contribution is 5.96. The molecule has 3 aromatic rings. The molecule has 0 fully saturated rings. The maximum Gasteiger partial charge on any atom is 0.416 e. The second-order valence-corrected chi connectivity index (χ2v) is 10.1. The molecular weight excluding hydrogens is 673 g/mol. The van der Waals surface area contributed by atoms with Crippen molar-refractivity contribution in [1.29, 1.82) is 0 Å². The number of carbonyl (C=O) groups is 1. The van der Waals surface area contributed by atoms with Gasteiger partial charge in [-0.25, -0.2) is 4.79 Å². The second kappa shape index (κ2) is 21.3. The van der Waals surface area contributed by atoms with Crippen molar-refractivity contribution in [1.82, 2.24) is 0 Å². The van der Waals surface area contributed by atoms with Crippen LogP contribution in [0.25, 0.3) is 0 Å². The van der Waals surface area contributed by atoms with E-state index in [1.54, 1.807) is 18.2 Å². The van der Waals surface area contributed by atoms with Crippen LogP contribution in [-0.4, -0.2) is 95.0 Å². The molecule has 3 aromatic carbocycles. The highest BCUT2D eigenvalue weighted by Gasteiger charge is 2.30. The molecular formula is C32H37F3N4O11. The molecule has 0 saturated carbocycles. The molecule has 0 aliphatic heterocycles. The lowest BCUT2D eigenvalue weighted by Crippen LogP contribution is -2.16. The molecule has 0 spiro atoms. The number of esters is 1. The number of nitro benzene ring substituents is 2. The Labute approximate surface area is 284 Å². The van der Waals surface area contributed by atoms with Crippen LogP contribution in [0.4, 0.5) is 41.6 Å². The minimum atomic E-state index is -4.49. The lowest BCUT2D eigenvalue weighted by atomic mass is 10.1. The van der Waals surface area contributed by atoms with Gasteiger partial charge in [0.05, 0.1) is 98.8 Å². The molecule has 0 unspecified atom stereocenters. The van der Waals surface area contributed by atoms with Crippen LogP contribution < -0.4 is 10.6 Å². The summed E-state index contributed by atoms with van der Waals surface area (Å²) in [5, 5.41) is 27.6. The Bertz CT molecular complexity index is 1530. The summed E-state index contributed by atoms with van der Waals surface area (Å²) in [5.74, 6) is -0.655. The van der Waals surface area contributed by atoms with Gasteiger partial charge in [-0.3, -0.25) is 20.2 Å². The number of para-hydroxylation sites is 1. The number of hydrogen-bond donors (Lipinski definition) is 2. The first-order chi connectivity index (χ1) is 24.1. The number of carbonyl (C=O) groups excluding carboxylic acids is 1. The molecule has 50 heavy (non-hydrogen) atoms. The van der Waals surface area contributed by atoms with E-state index in [0.717, 1.165) is 18.2 Å². The van der Waals surface area contributed by atoms with Crippen molar-refractivity contribution in [2.45, 2.75) is 6.18 Å². The minimum Gasteiger partial charge on any atom is -0.460 e. The van der Waals surface area contributed by atoms with Crippen LogP contribution in [0.2, 0.25) is 0 Å². The predicted octanol–water partition coefficient (Wildman–Crippen LogP) is 5.62. The van der Waals surface area contributed by atoms with Crippen LogP contribution >= 0.6 is 0 Å². The van der Waals surface area contributed by atoms with Crippen molar-refractivity contribution in [2.75, 3.05) is 89.9 Å². The van der Waals surface area contributed by atoms with Crippen molar-refractivity contribution in [3.63, 3.8) is 0 Å². The Balaban J connectivity index is 1.13. The number of benzene rings is 3. The van der Waals surface area contributed by atoms with Gasteiger partial charge in [-0.1, -0.05) is 18.2 Å². The first kappa shape index (κ1) is 39.6. The van der Waals surface area contributed by atoms with E-state index in [2.05, 4.69) is 10.6 Å². The first-order valence-electron chi connectivity index (χ1n) is 15.3. The van der Waals surface area contributed by atoms with E-state index >= 15 is 0 Å². The molecule has 0 saturated heterocycles. The third kappa shape index (κ3) is 14.3. The van der Waals surface area contributed by atoms with E-state index in [1.807, 2.05) is 0 Å². The average molecular weight is 711 g/mol. The van der Waals surface area contributed by atoms with Crippen LogP contribution in [0.5, 0.6) is 0 Å². The molecule has 18 heteroatoms. The summed E-state index contributed by atoms with van der Waals surface area (Å²) in [7, 11) is 0. The molecule has 0 heterocycles. The largest absolute Gasteiger partial charge is 0.460 e. The topological polar surface area (TPSA) is 183 Å². The predicted molar refractivity (Wildman–Crippen MR) is 174 cm³/mol. The Morgan fingerprint density at radius 1 is 0.660 bits per heavy atom. The molecule has 0 aromatic heterocycles. The number of nitro groups is 2. The van der Waals surface area contributed by atoms with E-state index in [0.29, 0.717) is 51.9 Å². The molecule has 0 aliphatic rings. The molecule has 0 radical (unpaired) electrons. The Hall–Kier alpha value is -4.88. The van der Waals surface area contributed by atoms with Gasteiger partial charge in [-0.15, -0.1) is 0 Å². The molecule has 272 valence electrons. The van der Waals surface area contributed by atoms with Gasteiger partial charge in [0, 0.05) is 18.3 Å². The molecule has 15 nitrogen and oxygen atoms in total. The van der Waals surface area contributed by atoms with Gasteiger partial charge in [-0.05, 0) is 36.4 Å². The zero-order valence-electron chi connectivity index (χ0n) is 26.9. The summed E-state index contributed by atoms with van der Waals surface area (Å²) in [6, 6.07) is 14.3. The normalized spacial score (nSPS) is 11.3. The summed E-state index contributed by atoms with van der Waals surface area (Å²) >= 11 is 0. The molecule has 0 aliphatic carbocycles. The standard InChI is InChI=1S/C32H37F3N4O11/c33-32(34,35)24-4-3-5-25(22-24)37-28-7-2-1-6-27(28)31(40)50-21-20-49-19-18-48-17-16-47-15-14-46-13-12-45-11-10-36-29-9-8-26(38(41)42)23-30(29)39(43)44/h1-9,22-23,36-37H,10-21H2. The van der Waals surface area contributed by atoms with Gasteiger partial charge >= 0.3 is 12.1 Å². The molecule has 0 atom stereocenters. The summed E-state index contributed by atoms with van der Waals surface area (Å²) < 4.78 is 71.3. The Morgan fingerprint density at radius 3 is 1.82 bits per heavy atom. The fraction of sp³-hybridized carbons (Fsp3) is 0.406. The van der Waals surface area contributed by atoms with Crippen LogP contribution in [0.3, 0.4) is 0 Å². The average Bonchev–Trinajstić information content (AvgIpc) is 3.09. The number of nitrogens with zero attached hydrogens (tertiary/aromatic N) is 2. The summed E-state index contributed by atoms with van der Waals surface area (Å²) in [6.07, 6.45) is -4.49. The van der Waals surface area contributed by atoms with Gasteiger partial charge < -0.3 is 39.1 Å². The second-order valence-electron chi connectivity index (χ2n) is 10.1. The fourth-order valence-corrected chi connectivity index (χ4v) is 4.14. The zero-order valence-corrected chi connectivity index (χ0v) is 26.9. The summed E-state index contributed by atoms with van der Waals surface area (Å²) in [4.78, 5) is 33.1. The Kier molecular flexibility index (Phi) is 16.8. The number of halogens is 3. The van der Waals surface area contributed by atoms with Gasteiger partial charge in [0.1, 0.15) is 12.3 Å². The maximum absolute atomic E-state index is 13.0. The van der Waals surface area contributed by atoms with Gasteiger partial charge in [0.25, 0.3) is 11.4 Å². The van der Waals surface area contributed by atoms with E-state index in [1.165, 1.54) is 30.3 Å². The number of non-ortho nitro benzene ring substituents is 1. The summed E-state index contributed by atoms with van der Waals surface area (Å²) in [6.45, 7) is 3.08. The number of anilines is 3. The zero-order chi connectivity index (χ0) is 36.2. The molecule has 0 amide bonds. The van der Waals surface area contributed by atoms with Crippen molar-refractivity contribution >= 4 is 34.4 Å².